The van der Waals surface area contributed by atoms with Crippen molar-refractivity contribution in [2.45, 2.75) is 57.4 Å². The summed E-state index contributed by atoms with van der Waals surface area (Å²) < 4.78 is 67.3. The minimum Gasteiger partial charge on any atom is -0.233 e. The van der Waals surface area contributed by atoms with Crippen molar-refractivity contribution in [2.75, 3.05) is 13.1 Å². The first-order valence-corrected chi connectivity index (χ1v) is 10.4. The van der Waals surface area contributed by atoms with Crippen molar-refractivity contribution in [1.82, 2.24) is 18.9 Å². The molecule has 0 spiro atoms. The lowest BCUT2D eigenvalue weighted by atomic mass is 10.1. The van der Waals surface area contributed by atoms with Crippen molar-refractivity contribution in [3.05, 3.63) is 29.2 Å². The van der Waals surface area contributed by atoms with Crippen molar-refractivity contribution in [3.8, 4) is 0 Å². The van der Waals surface area contributed by atoms with Gasteiger partial charge in [-0.25, -0.2) is 22.2 Å². The first-order valence-electron chi connectivity index (χ1n) is 8.88. The summed E-state index contributed by atoms with van der Waals surface area (Å²) in [5.41, 5.74) is 0.0490. The number of fused-ring (bicyclic) bond motifs is 1. The summed E-state index contributed by atoms with van der Waals surface area (Å²) in [5, 5.41) is 3.60. The van der Waals surface area contributed by atoms with Gasteiger partial charge >= 0.3 is 6.18 Å². The molecule has 6 nitrogen and oxygen atoms in total. The molecule has 1 aliphatic rings. The fourth-order valence-electron chi connectivity index (χ4n) is 3.21. The SMILES string of the molecule is CC(C)c1cc(C(F)(F)F)n2nc(C3CCN(S(=O)(=O)C(C)C)C3)cc2n1. The molecule has 2 aromatic heterocycles. The van der Waals surface area contributed by atoms with E-state index in [9.17, 15) is 21.6 Å². The first kappa shape index (κ1) is 20.1. The Balaban J connectivity index is 2.00. The van der Waals surface area contributed by atoms with Crippen LogP contribution in [0.4, 0.5) is 13.2 Å². The summed E-state index contributed by atoms with van der Waals surface area (Å²) in [6, 6.07) is 2.57. The molecule has 0 saturated carbocycles. The lowest BCUT2D eigenvalue weighted by Gasteiger charge is -2.18. The summed E-state index contributed by atoms with van der Waals surface area (Å²) in [6.45, 7) is 7.35. The van der Waals surface area contributed by atoms with Crippen LogP contribution in [0.5, 0.6) is 0 Å². The summed E-state index contributed by atoms with van der Waals surface area (Å²) in [5.74, 6) is -0.406. The zero-order valence-corrected chi connectivity index (χ0v) is 16.5. The maximum atomic E-state index is 13.5. The number of sulfonamides is 1. The Morgan fingerprint density at radius 2 is 1.85 bits per heavy atom. The molecule has 1 saturated heterocycles. The number of hydrogen-bond acceptors (Lipinski definition) is 4. The molecular weight excluding hydrogens is 381 g/mol. The third-order valence-corrected chi connectivity index (χ3v) is 7.12. The molecule has 27 heavy (non-hydrogen) atoms. The number of aromatic nitrogens is 3. The molecule has 1 unspecified atom stereocenters. The van der Waals surface area contributed by atoms with Crippen LogP contribution >= 0.6 is 0 Å². The average Bonchev–Trinajstić information content (AvgIpc) is 3.19. The second-order valence-corrected chi connectivity index (χ2v) is 9.98. The fraction of sp³-hybridized carbons (Fsp3) is 0.647. The standard InChI is InChI=1S/C17H23F3N4O2S/c1-10(2)13-7-15(17(18,19)20)24-16(21-13)8-14(22-24)12-5-6-23(9-12)27(25,26)11(3)4/h7-8,10-12H,5-6,9H2,1-4H3. The summed E-state index contributed by atoms with van der Waals surface area (Å²) in [4.78, 5) is 4.31. The minimum atomic E-state index is -4.56. The van der Waals surface area contributed by atoms with Crippen LogP contribution in [0, 0.1) is 0 Å². The van der Waals surface area contributed by atoms with E-state index in [1.165, 1.54) is 10.4 Å². The third kappa shape index (κ3) is 3.69. The Bertz CT molecular complexity index is 951. The van der Waals surface area contributed by atoms with Crippen LogP contribution in [0.2, 0.25) is 0 Å². The van der Waals surface area contributed by atoms with E-state index >= 15 is 0 Å². The van der Waals surface area contributed by atoms with E-state index in [2.05, 4.69) is 10.1 Å². The van der Waals surface area contributed by atoms with Gasteiger partial charge in [0.1, 0.15) is 5.69 Å². The van der Waals surface area contributed by atoms with Crippen LogP contribution in [0.3, 0.4) is 0 Å². The molecule has 1 fully saturated rings. The molecule has 3 rings (SSSR count). The highest BCUT2D eigenvalue weighted by Crippen LogP contribution is 2.34. The van der Waals surface area contributed by atoms with E-state index in [1.54, 1.807) is 27.7 Å². The number of hydrogen-bond donors (Lipinski definition) is 0. The van der Waals surface area contributed by atoms with Crippen molar-refractivity contribution >= 4 is 15.7 Å². The highest BCUT2D eigenvalue weighted by Gasteiger charge is 2.38. The second-order valence-electron chi connectivity index (χ2n) is 7.50. The van der Waals surface area contributed by atoms with Crippen LogP contribution in [-0.2, 0) is 16.2 Å². The molecule has 0 bridgehead atoms. The topological polar surface area (TPSA) is 67.6 Å². The summed E-state index contributed by atoms with van der Waals surface area (Å²) >= 11 is 0. The first-order chi connectivity index (χ1) is 12.4. The van der Waals surface area contributed by atoms with Crippen LogP contribution < -0.4 is 0 Å². The van der Waals surface area contributed by atoms with Crippen molar-refractivity contribution in [3.63, 3.8) is 0 Å². The summed E-state index contributed by atoms with van der Waals surface area (Å²) in [6.07, 6.45) is -4.04. The van der Waals surface area contributed by atoms with E-state index in [1.807, 2.05) is 0 Å². The lowest BCUT2D eigenvalue weighted by Crippen LogP contribution is -2.34. The largest absolute Gasteiger partial charge is 0.433 e. The fourth-order valence-corrected chi connectivity index (χ4v) is 4.55. The number of rotatable bonds is 4. The van der Waals surface area contributed by atoms with Crippen LogP contribution in [0.25, 0.3) is 5.65 Å². The number of halogens is 3. The van der Waals surface area contributed by atoms with Gasteiger partial charge in [0.05, 0.1) is 10.9 Å². The van der Waals surface area contributed by atoms with E-state index in [0.29, 0.717) is 24.4 Å². The van der Waals surface area contributed by atoms with Crippen LogP contribution in [-0.4, -0.2) is 45.7 Å². The molecule has 2 aromatic rings. The van der Waals surface area contributed by atoms with E-state index < -0.39 is 27.1 Å². The molecule has 1 atom stereocenters. The summed E-state index contributed by atoms with van der Waals surface area (Å²) in [7, 11) is -3.39. The monoisotopic (exact) mass is 404 g/mol. The van der Waals surface area contributed by atoms with Gasteiger partial charge in [0, 0.05) is 30.8 Å². The van der Waals surface area contributed by atoms with Crippen LogP contribution in [0.1, 0.15) is 63.0 Å². The second kappa shape index (κ2) is 6.73. The maximum absolute atomic E-state index is 13.5. The smallest absolute Gasteiger partial charge is 0.233 e. The molecule has 3 heterocycles. The van der Waals surface area contributed by atoms with E-state index in [0.717, 1.165) is 10.6 Å². The Hall–Kier alpha value is -1.68. The van der Waals surface area contributed by atoms with Gasteiger partial charge in [-0.1, -0.05) is 13.8 Å². The molecule has 10 heteroatoms. The molecule has 0 amide bonds. The molecule has 0 N–H and O–H groups in total. The Morgan fingerprint density at radius 3 is 2.41 bits per heavy atom. The average molecular weight is 404 g/mol. The molecular formula is C17H23F3N4O2S. The number of nitrogens with zero attached hydrogens (tertiary/aromatic N) is 4. The third-order valence-electron chi connectivity index (χ3n) is 4.87. The Labute approximate surface area is 156 Å². The van der Waals surface area contributed by atoms with Gasteiger partial charge in [0.2, 0.25) is 10.0 Å². The Kier molecular flexibility index (Phi) is 5.00. The van der Waals surface area contributed by atoms with Crippen molar-refractivity contribution < 1.29 is 21.6 Å². The van der Waals surface area contributed by atoms with Crippen molar-refractivity contribution in [2.24, 2.45) is 0 Å². The zero-order valence-electron chi connectivity index (χ0n) is 15.7. The normalized spacial score (nSPS) is 19.7. The molecule has 0 radical (unpaired) electrons. The molecule has 1 aliphatic heterocycles. The van der Waals surface area contributed by atoms with Gasteiger partial charge in [-0.05, 0) is 32.3 Å². The maximum Gasteiger partial charge on any atom is 0.433 e. The van der Waals surface area contributed by atoms with Gasteiger partial charge < -0.3 is 0 Å². The molecule has 150 valence electrons. The lowest BCUT2D eigenvalue weighted by molar-refractivity contribution is -0.142. The minimum absolute atomic E-state index is 0.133. The van der Waals surface area contributed by atoms with Gasteiger partial charge in [0.25, 0.3) is 0 Å². The quantitative estimate of drug-likeness (QED) is 0.783. The Morgan fingerprint density at radius 1 is 1.19 bits per heavy atom. The van der Waals surface area contributed by atoms with Crippen molar-refractivity contribution in [1.29, 1.82) is 0 Å². The highest BCUT2D eigenvalue weighted by atomic mass is 32.2. The van der Waals surface area contributed by atoms with Crippen LogP contribution in [0.15, 0.2) is 12.1 Å². The zero-order chi connectivity index (χ0) is 20.1. The van der Waals surface area contributed by atoms with Gasteiger partial charge in [0.15, 0.2) is 5.65 Å². The van der Waals surface area contributed by atoms with Gasteiger partial charge in [-0.15, -0.1) is 0 Å². The highest BCUT2D eigenvalue weighted by molar-refractivity contribution is 7.89. The van der Waals surface area contributed by atoms with E-state index in [4.69, 9.17) is 0 Å². The number of alkyl halides is 3. The molecule has 0 aliphatic carbocycles. The predicted molar refractivity (Wildman–Crippen MR) is 95.1 cm³/mol. The van der Waals surface area contributed by atoms with Gasteiger partial charge in [-0.3, -0.25) is 0 Å². The predicted octanol–water partition coefficient (Wildman–Crippen LogP) is 3.40. The van der Waals surface area contributed by atoms with E-state index in [-0.39, 0.29) is 24.0 Å². The van der Waals surface area contributed by atoms with Gasteiger partial charge in [-0.2, -0.15) is 18.3 Å². The molecule has 0 aromatic carbocycles.